The van der Waals surface area contributed by atoms with Crippen molar-refractivity contribution in [1.29, 1.82) is 0 Å². The van der Waals surface area contributed by atoms with Gasteiger partial charge in [-0.15, -0.1) is 0 Å². The van der Waals surface area contributed by atoms with Crippen LogP contribution in [0.2, 0.25) is 0 Å². The zero-order valence-electron chi connectivity index (χ0n) is 10.4. The highest BCUT2D eigenvalue weighted by molar-refractivity contribution is 5.36. The van der Waals surface area contributed by atoms with Crippen molar-refractivity contribution in [2.75, 3.05) is 0 Å². The maximum absolute atomic E-state index is 10.4. The predicted octanol–water partition coefficient (Wildman–Crippen LogP) is 3.09. The molecule has 1 aromatic heterocycles. The summed E-state index contributed by atoms with van der Waals surface area (Å²) in [6.07, 6.45) is -0.593. The van der Waals surface area contributed by atoms with Crippen LogP contribution in [0.15, 0.2) is 36.4 Å². The van der Waals surface area contributed by atoms with Gasteiger partial charge in [-0.1, -0.05) is 30.3 Å². The van der Waals surface area contributed by atoms with Gasteiger partial charge in [-0.2, -0.15) is 0 Å². The number of rotatable bonds is 2. The molecule has 0 radical (unpaired) electrons. The van der Waals surface area contributed by atoms with E-state index in [0.29, 0.717) is 0 Å². The molecule has 0 amide bonds. The molecule has 88 valence electrons. The summed E-state index contributed by atoms with van der Waals surface area (Å²) in [4.78, 5) is 4.39. The van der Waals surface area contributed by atoms with Crippen LogP contribution in [0.1, 0.15) is 34.2 Å². The highest BCUT2D eigenvalue weighted by Crippen LogP contribution is 2.26. The molecule has 1 N–H and O–H groups in total. The normalized spacial score (nSPS) is 12.5. The molecule has 1 atom stereocenters. The van der Waals surface area contributed by atoms with Crippen LogP contribution in [-0.2, 0) is 0 Å². The number of hydrogen-bond donors (Lipinski definition) is 1. The van der Waals surface area contributed by atoms with Crippen LogP contribution < -0.4 is 0 Å². The first-order valence-corrected chi connectivity index (χ1v) is 5.77. The quantitative estimate of drug-likeness (QED) is 0.855. The standard InChI is InChI=1S/C15H17NO/c1-10-6-4-5-7-13(10)15(17)14-9-8-11(2)16-12(14)3/h4-9,15,17H,1-3H3. The van der Waals surface area contributed by atoms with E-state index in [1.165, 1.54) is 0 Å². The lowest BCUT2D eigenvalue weighted by molar-refractivity contribution is 0.218. The summed E-state index contributed by atoms with van der Waals surface area (Å²) in [7, 11) is 0. The molecule has 2 nitrogen and oxygen atoms in total. The van der Waals surface area contributed by atoms with Crippen molar-refractivity contribution in [3.05, 3.63) is 64.5 Å². The van der Waals surface area contributed by atoms with Crippen molar-refractivity contribution < 1.29 is 5.11 Å². The summed E-state index contributed by atoms with van der Waals surface area (Å²) >= 11 is 0. The van der Waals surface area contributed by atoms with Crippen LogP contribution in [-0.4, -0.2) is 10.1 Å². The highest BCUT2D eigenvalue weighted by atomic mass is 16.3. The molecule has 0 aliphatic heterocycles. The average Bonchev–Trinajstić information content (AvgIpc) is 2.29. The van der Waals surface area contributed by atoms with E-state index in [9.17, 15) is 5.11 Å². The van der Waals surface area contributed by atoms with Gasteiger partial charge in [0.25, 0.3) is 0 Å². The maximum Gasteiger partial charge on any atom is 0.106 e. The second-order valence-electron chi connectivity index (χ2n) is 4.39. The molecule has 0 fully saturated rings. The van der Waals surface area contributed by atoms with Crippen LogP contribution in [0.25, 0.3) is 0 Å². The second kappa shape index (κ2) is 4.68. The molecule has 0 saturated heterocycles. The molecule has 1 unspecified atom stereocenters. The lowest BCUT2D eigenvalue weighted by atomic mass is 9.96. The van der Waals surface area contributed by atoms with Gasteiger partial charge in [-0.05, 0) is 38.0 Å². The van der Waals surface area contributed by atoms with E-state index >= 15 is 0 Å². The summed E-state index contributed by atoms with van der Waals surface area (Å²) < 4.78 is 0. The Bertz CT molecular complexity index is 534. The molecule has 0 saturated carbocycles. The van der Waals surface area contributed by atoms with Crippen molar-refractivity contribution in [2.24, 2.45) is 0 Å². The Hall–Kier alpha value is -1.67. The third-order valence-electron chi connectivity index (χ3n) is 3.04. The first kappa shape index (κ1) is 11.8. The van der Waals surface area contributed by atoms with Crippen molar-refractivity contribution >= 4 is 0 Å². The van der Waals surface area contributed by atoms with E-state index in [0.717, 1.165) is 28.1 Å². The number of nitrogens with zero attached hydrogens (tertiary/aromatic N) is 1. The number of pyridine rings is 1. The Kier molecular flexibility index (Phi) is 3.25. The Morgan fingerprint density at radius 3 is 2.29 bits per heavy atom. The fourth-order valence-electron chi connectivity index (χ4n) is 2.05. The minimum Gasteiger partial charge on any atom is -0.384 e. The zero-order valence-corrected chi connectivity index (χ0v) is 10.4. The maximum atomic E-state index is 10.4. The lowest BCUT2D eigenvalue weighted by Gasteiger charge is -2.16. The molecule has 0 bridgehead atoms. The van der Waals surface area contributed by atoms with E-state index < -0.39 is 6.10 Å². The summed E-state index contributed by atoms with van der Waals surface area (Å²) in [5.41, 5.74) is 4.79. The van der Waals surface area contributed by atoms with Crippen LogP contribution in [0, 0.1) is 20.8 Å². The number of aliphatic hydroxyl groups is 1. The van der Waals surface area contributed by atoms with Crippen LogP contribution in [0.4, 0.5) is 0 Å². The van der Waals surface area contributed by atoms with Gasteiger partial charge in [0.15, 0.2) is 0 Å². The van der Waals surface area contributed by atoms with E-state index in [1.54, 1.807) is 0 Å². The zero-order chi connectivity index (χ0) is 12.4. The number of aryl methyl sites for hydroxylation is 3. The average molecular weight is 227 g/mol. The number of hydrogen-bond acceptors (Lipinski definition) is 2. The molecule has 2 heteroatoms. The van der Waals surface area contributed by atoms with Gasteiger partial charge in [0, 0.05) is 17.0 Å². The van der Waals surface area contributed by atoms with E-state index in [1.807, 2.05) is 57.2 Å². The van der Waals surface area contributed by atoms with Gasteiger partial charge in [0.05, 0.1) is 0 Å². The Morgan fingerprint density at radius 1 is 0.941 bits per heavy atom. The SMILES string of the molecule is Cc1ccc(C(O)c2ccccc2C)c(C)n1. The van der Waals surface area contributed by atoms with Crippen LogP contribution in [0.3, 0.4) is 0 Å². The van der Waals surface area contributed by atoms with Gasteiger partial charge in [-0.3, -0.25) is 4.98 Å². The van der Waals surface area contributed by atoms with Gasteiger partial charge in [0.2, 0.25) is 0 Å². The topological polar surface area (TPSA) is 33.1 Å². The smallest absolute Gasteiger partial charge is 0.106 e. The Morgan fingerprint density at radius 2 is 1.65 bits per heavy atom. The lowest BCUT2D eigenvalue weighted by Crippen LogP contribution is -2.05. The third kappa shape index (κ3) is 2.37. The molecular formula is C15H17NO. The van der Waals surface area contributed by atoms with Gasteiger partial charge >= 0.3 is 0 Å². The van der Waals surface area contributed by atoms with E-state index in [-0.39, 0.29) is 0 Å². The summed E-state index contributed by atoms with van der Waals surface area (Å²) in [5, 5.41) is 10.4. The molecule has 1 aromatic carbocycles. The molecule has 2 rings (SSSR count). The van der Waals surface area contributed by atoms with Crippen molar-refractivity contribution in [3.8, 4) is 0 Å². The summed E-state index contributed by atoms with van der Waals surface area (Å²) in [6, 6.07) is 11.8. The fraction of sp³-hybridized carbons (Fsp3) is 0.267. The summed E-state index contributed by atoms with van der Waals surface area (Å²) in [5.74, 6) is 0. The Labute approximate surface area is 102 Å². The molecule has 2 aromatic rings. The van der Waals surface area contributed by atoms with Crippen LogP contribution in [0.5, 0.6) is 0 Å². The number of benzene rings is 1. The minimum absolute atomic E-state index is 0.593. The monoisotopic (exact) mass is 227 g/mol. The Balaban J connectivity index is 2.44. The largest absolute Gasteiger partial charge is 0.384 e. The number of aromatic nitrogens is 1. The molecule has 0 spiro atoms. The van der Waals surface area contributed by atoms with E-state index in [2.05, 4.69) is 4.98 Å². The number of aliphatic hydroxyl groups excluding tert-OH is 1. The van der Waals surface area contributed by atoms with E-state index in [4.69, 9.17) is 0 Å². The first-order chi connectivity index (χ1) is 8.09. The van der Waals surface area contributed by atoms with Gasteiger partial charge in [-0.25, -0.2) is 0 Å². The van der Waals surface area contributed by atoms with Crippen LogP contribution >= 0.6 is 0 Å². The molecule has 0 aliphatic rings. The minimum atomic E-state index is -0.593. The van der Waals surface area contributed by atoms with Gasteiger partial charge < -0.3 is 5.11 Å². The second-order valence-corrected chi connectivity index (χ2v) is 4.39. The molecular weight excluding hydrogens is 210 g/mol. The highest BCUT2D eigenvalue weighted by Gasteiger charge is 2.15. The summed E-state index contributed by atoms with van der Waals surface area (Å²) in [6.45, 7) is 5.90. The third-order valence-corrected chi connectivity index (χ3v) is 3.04. The molecule has 0 aliphatic carbocycles. The molecule has 17 heavy (non-hydrogen) atoms. The first-order valence-electron chi connectivity index (χ1n) is 5.77. The molecule has 1 heterocycles. The predicted molar refractivity (Wildman–Crippen MR) is 69.0 cm³/mol. The fourth-order valence-corrected chi connectivity index (χ4v) is 2.05. The van der Waals surface area contributed by atoms with Crippen molar-refractivity contribution in [3.63, 3.8) is 0 Å². The van der Waals surface area contributed by atoms with Crippen molar-refractivity contribution in [1.82, 2.24) is 4.98 Å². The van der Waals surface area contributed by atoms with Crippen molar-refractivity contribution in [2.45, 2.75) is 26.9 Å². The van der Waals surface area contributed by atoms with Gasteiger partial charge in [0.1, 0.15) is 6.10 Å².